The van der Waals surface area contributed by atoms with E-state index in [-0.39, 0.29) is 0 Å². The molecule has 1 aromatic heterocycles. The van der Waals surface area contributed by atoms with Crippen LogP contribution in [-0.4, -0.2) is 12.1 Å². The average Bonchev–Trinajstić information content (AvgIpc) is 2.39. The summed E-state index contributed by atoms with van der Waals surface area (Å²) in [5.41, 5.74) is 0.847. The number of ether oxygens (including phenoxy) is 1. The van der Waals surface area contributed by atoms with Crippen molar-refractivity contribution in [2.45, 2.75) is 6.54 Å². The molecule has 19 heavy (non-hydrogen) atoms. The van der Waals surface area contributed by atoms with Gasteiger partial charge >= 0.3 is 0 Å². The first-order valence-electron chi connectivity index (χ1n) is 5.48. The maximum atomic E-state index is 6.14. The molecule has 2 rings (SSSR count). The molecule has 0 saturated heterocycles. The topological polar surface area (TPSA) is 34.1 Å². The number of aromatic nitrogens is 1. The Morgan fingerprint density at radius 3 is 2.68 bits per heavy atom. The van der Waals surface area contributed by atoms with E-state index in [1.165, 1.54) is 6.20 Å². The zero-order valence-corrected chi connectivity index (χ0v) is 12.4. The van der Waals surface area contributed by atoms with Crippen molar-refractivity contribution in [1.29, 1.82) is 0 Å². The highest BCUT2D eigenvalue weighted by Crippen LogP contribution is 2.28. The molecule has 1 N–H and O–H groups in total. The highest BCUT2D eigenvalue weighted by Gasteiger charge is 2.09. The lowest BCUT2D eigenvalue weighted by Gasteiger charge is -2.12. The van der Waals surface area contributed by atoms with E-state index in [1.807, 2.05) is 12.1 Å². The first-order chi connectivity index (χ1) is 9.11. The second kappa shape index (κ2) is 6.33. The molecule has 0 spiro atoms. The summed E-state index contributed by atoms with van der Waals surface area (Å²) < 4.78 is 5.26. The van der Waals surface area contributed by atoms with Crippen LogP contribution in [0.4, 0.5) is 5.82 Å². The molecule has 0 radical (unpaired) electrons. The van der Waals surface area contributed by atoms with E-state index in [1.54, 1.807) is 19.2 Å². The van der Waals surface area contributed by atoms with Gasteiger partial charge in [0, 0.05) is 23.3 Å². The molecular formula is C13H11Cl3N2O. The number of nitrogens with zero attached hydrogens (tertiary/aromatic N) is 1. The number of methoxy groups -OCH3 is 1. The van der Waals surface area contributed by atoms with Crippen LogP contribution in [0.3, 0.4) is 0 Å². The molecule has 0 amide bonds. The van der Waals surface area contributed by atoms with E-state index in [4.69, 9.17) is 39.5 Å². The molecule has 0 bridgehead atoms. The Morgan fingerprint density at radius 2 is 2.00 bits per heavy atom. The first kappa shape index (κ1) is 14.3. The van der Waals surface area contributed by atoms with Gasteiger partial charge in [0.05, 0.1) is 17.2 Å². The van der Waals surface area contributed by atoms with Crippen molar-refractivity contribution in [3.05, 3.63) is 51.1 Å². The van der Waals surface area contributed by atoms with Gasteiger partial charge in [-0.05, 0) is 18.2 Å². The number of hydrogen-bond acceptors (Lipinski definition) is 3. The van der Waals surface area contributed by atoms with Crippen LogP contribution in [0, 0.1) is 0 Å². The highest BCUT2D eigenvalue weighted by atomic mass is 35.5. The fraction of sp³-hybridized carbons (Fsp3) is 0.154. The number of rotatable bonds is 4. The Hall–Kier alpha value is -1.16. The number of hydrogen-bond donors (Lipinski definition) is 1. The van der Waals surface area contributed by atoms with Crippen LogP contribution < -0.4 is 10.1 Å². The number of halogens is 3. The normalized spacial score (nSPS) is 10.3. The summed E-state index contributed by atoms with van der Waals surface area (Å²) in [7, 11) is 1.60. The van der Waals surface area contributed by atoms with E-state index >= 15 is 0 Å². The van der Waals surface area contributed by atoms with Gasteiger partial charge in [-0.3, -0.25) is 0 Å². The second-order valence-electron chi connectivity index (χ2n) is 3.76. The molecule has 0 aliphatic rings. The van der Waals surface area contributed by atoms with Crippen LogP contribution >= 0.6 is 34.8 Å². The molecular weight excluding hydrogens is 307 g/mol. The number of anilines is 1. The number of benzene rings is 1. The number of pyridine rings is 1. The van der Waals surface area contributed by atoms with Crippen molar-refractivity contribution in [3.63, 3.8) is 0 Å². The molecule has 6 heteroatoms. The lowest BCUT2D eigenvalue weighted by atomic mass is 10.2. The van der Waals surface area contributed by atoms with Crippen LogP contribution in [0.1, 0.15) is 5.56 Å². The van der Waals surface area contributed by atoms with Crippen LogP contribution in [-0.2, 0) is 6.54 Å². The largest absolute Gasteiger partial charge is 0.496 e. The summed E-state index contributed by atoms with van der Waals surface area (Å²) in [6.45, 7) is 0.456. The Bertz CT molecular complexity index is 590. The molecule has 0 saturated carbocycles. The zero-order chi connectivity index (χ0) is 13.8. The SMILES string of the molecule is COc1cccc(Cl)c1CNc1ncc(Cl)cc1Cl. The standard InChI is InChI=1S/C13H11Cl3N2O/c1-19-12-4-2-3-10(15)9(12)7-18-13-11(16)5-8(14)6-17-13/h2-6H,7H2,1H3,(H,17,18). The summed E-state index contributed by atoms with van der Waals surface area (Å²) in [4.78, 5) is 4.12. The van der Waals surface area contributed by atoms with E-state index in [9.17, 15) is 0 Å². The molecule has 0 unspecified atom stereocenters. The Morgan fingerprint density at radius 1 is 1.21 bits per heavy atom. The van der Waals surface area contributed by atoms with Crippen molar-refractivity contribution < 1.29 is 4.74 Å². The maximum absolute atomic E-state index is 6.14. The van der Waals surface area contributed by atoms with Crippen LogP contribution in [0.5, 0.6) is 5.75 Å². The Kier molecular flexibility index (Phi) is 4.75. The Labute approximate surface area is 126 Å². The molecule has 0 atom stereocenters. The summed E-state index contributed by atoms with van der Waals surface area (Å²) >= 11 is 18.0. The second-order valence-corrected chi connectivity index (χ2v) is 5.01. The predicted octanol–water partition coefficient (Wildman–Crippen LogP) is 4.66. The minimum Gasteiger partial charge on any atom is -0.496 e. The average molecular weight is 318 g/mol. The summed E-state index contributed by atoms with van der Waals surface area (Å²) in [5, 5.41) is 4.68. The van der Waals surface area contributed by atoms with E-state index in [0.717, 1.165) is 5.56 Å². The molecule has 0 aliphatic carbocycles. The molecule has 1 aromatic carbocycles. The lowest BCUT2D eigenvalue weighted by molar-refractivity contribution is 0.410. The molecule has 0 fully saturated rings. The van der Waals surface area contributed by atoms with Crippen molar-refractivity contribution >= 4 is 40.6 Å². The fourth-order valence-corrected chi connectivity index (χ4v) is 2.30. The van der Waals surface area contributed by atoms with Gasteiger partial charge in [0.1, 0.15) is 11.6 Å². The van der Waals surface area contributed by atoms with Gasteiger partial charge < -0.3 is 10.1 Å². The third-order valence-electron chi connectivity index (χ3n) is 2.54. The van der Waals surface area contributed by atoms with Crippen LogP contribution in [0.2, 0.25) is 15.1 Å². The van der Waals surface area contributed by atoms with Crippen molar-refractivity contribution in [1.82, 2.24) is 4.98 Å². The number of nitrogens with one attached hydrogen (secondary N) is 1. The third kappa shape index (κ3) is 3.44. The van der Waals surface area contributed by atoms with Gasteiger partial charge in [-0.15, -0.1) is 0 Å². The van der Waals surface area contributed by atoms with Gasteiger partial charge in [-0.2, -0.15) is 0 Å². The van der Waals surface area contributed by atoms with E-state index < -0.39 is 0 Å². The zero-order valence-electron chi connectivity index (χ0n) is 10.1. The summed E-state index contributed by atoms with van der Waals surface area (Å²) in [5.74, 6) is 1.26. The molecule has 0 aliphatic heterocycles. The molecule has 2 aromatic rings. The first-order valence-corrected chi connectivity index (χ1v) is 6.61. The lowest BCUT2D eigenvalue weighted by Crippen LogP contribution is -2.04. The van der Waals surface area contributed by atoms with E-state index in [2.05, 4.69) is 10.3 Å². The van der Waals surface area contributed by atoms with Gasteiger partial charge in [-0.1, -0.05) is 40.9 Å². The summed E-state index contributed by atoms with van der Waals surface area (Å²) in [6.07, 6.45) is 1.53. The minimum atomic E-state index is 0.456. The van der Waals surface area contributed by atoms with Crippen molar-refractivity contribution in [3.8, 4) is 5.75 Å². The third-order valence-corrected chi connectivity index (χ3v) is 3.39. The van der Waals surface area contributed by atoms with Crippen molar-refractivity contribution in [2.24, 2.45) is 0 Å². The van der Waals surface area contributed by atoms with Crippen LogP contribution in [0.25, 0.3) is 0 Å². The van der Waals surface area contributed by atoms with E-state index in [0.29, 0.717) is 33.2 Å². The van der Waals surface area contributed by atoms with Gasteiger partial charge in [0.2, 0.25) is 0 Å². The van der Waals surface area contributed by atoms with Crippen LogP contribution in [0.15, 0.2) is 30.5 Å². The van der Waals surface area contributed by atoms with Gasteiger partial charge in [0.25, 0.3) is 0 Å². The molecule has 100 valence electrons. The molecule has 3 nitrogen and oxygen atoms in total. The Balaban J connectivity index is 2.19. The molecule has 1 heterocycles. The quantitative estimate of drug-likeness (QED) is 0.890. The minimum absolute atomic E-state index is 0.456. The van der Waals surface area contributed by atoms with Gasteiger partial charge in [-0.25, -0.2) is 4.98 Å². The highest BCUT2D eigenvalue weighted by molar-refractivity contribution is 6.36. The monoisotopic (exact) mass is 316 g/mol. The smallest absolute Gasteiger partial charge is 0.145 e. The maximum Gasteiger partial charge on any atom is 0.145 e. The summed E-state index contributed by atoms with van der Waals surface area (Å²) in [6, 6.07) is 7.11. The predicted molar refractivity (Wildman–Crippen MR) is 79.6 cm³/mol. The van der Waals surface area contributed by atoms with Gasteiger partial charge in [0.15, 0.2) is 0 Å². The van der Waals surface area contributed by atoms with Crippen molar-refractivity contribution in [2.75, 3.05) is 12.4 Å². The fourth-order valence-electron chi connectivity index (χ4n) is 1.62.